The molecule has 0 N–H and O–H groups in total. The normalized spacial score (nSPS) is 11.8. The summed E-state index contributed by atoms with van der Waals surface area (Å²) in [5.41, 5.74) is 0.652. The predicted molar refractivity (Wildman–Crippen MR) is 80.5 cm³/mol. The van der Waals surface area contributed by atoms with E-state index in [9.17, 15) is 9.18 Å². The van der Waals surface area contributed by atoms with Crippen LogP contribution in [0.25, 0.3) is 0 Å². The first-order chi connectivity index (χ1) is 10.1. The van der Waals surface area contributed by atoms with Crippen LogP contribution in [0.3, 0.4) is 0 Å². The predicted octanol–water partition coefficient (Wildman–Crippen LogP) is 4.27. The van der Waals surface area contributed by atoms with Gasteiger partial charge in [0.1, 0.15) is 11.6 Å². The molecule has 0 aliphatic rings. The molecule has 0 spiro atoms. The zero-order valence-electron chi connectivity index (χ0n) is 11.4. The van der Waals surface area contributed by atoms with Crippen molar-refractivity contribution in [2.45, 2.75) is 13.0 Å². The molecule has 0 aliphatic carbocycles. The Morgan fingerprint density at radius 2 is 1.95 bits per heavy atom. The van der Waals surface area contributed by atoms with Crippen LogP contribution in [-0.2, 0) is 9.53 Å². The Morgan fingerprint density at radius 1 is 1.24 bits per heavy atom. The highest BCUT2D eigenvalue weighted by Gasteiger charge is 2.24. The highest BCUT2D eigenvalue weighted by atomic mass is 79.9. The van der Waals surface area contributed by atoms with Crippen molar-refractivity contribution in [1.29, 1.82) is 0 Å². The Hall–Kier alpha value is -1.88. The number of rotatable bonds is 5. The molecule has 2 aromatic rings. The van der Waals surface area contributed by atoms with E-state index in [1.165, 1.54) is 12.1 Å². The van der Waals surface area contributed by atoms with Crippen molar-refractivity contribution < 1.29 is 18.7 Å². The Kier molecular flexibility index (Phi) is 5.33. The van der Waals surface area contributed by atoms with Crippen LogP contribution in [0, 0.1) is 5.82 Å². The lowest BCUT2D eigenvalue weighted by atomic mass is 10.1. The molecule has 0 aromatic heterocycles. The first-order valence-corrected chi connectivity index (χ1v) is 7.24. The smallest absolute Gasteiger partial charge is 0.352 e. The number of carbonyl (C=O) groups is 1. The van der Waals surface area contributed by atoms with Gasteiger partial charge in [-0.15, -0.1) is 0 Å². The Bertz CT molecular complexity index is 616. The summed E-state index contributed by atoms with van der Waals surface area (Å²) in [6.07, 6.45) is -0.924. The fourth-order valence-electron chi connectivity index (χ4n) is 1.78. The van der Waals surface area contributed by atoms with Crippen LogP contribution in [0.2, 0.25) is 0 Å². The number of hydrogen-bond acceptors (Lipinski definition) is 3. The average Bonchev–Trinajstić information content (AvgIpc) is 2.49. The summed E-state index contributed by atoms with van der Waals surface area (Å²) in [7, 11) is 0. The van der Waals surface area contributed by atoms with E-state index in [-0.39, 0.29) is 12.4 Å². The average molecular weight is 353 g/mol. The molecular weight excluding hydrogens is 339 g/mol. The van der Waals surface area contributed by atoms with Crippen molar-refractivity contribution in [3.8, 4) is 5.75 Å². The van der Waals surface area contributed by atoms with E-state index in [1.807, 2.05) is 6.07 Å². The minimum atomic E-state index is -0.924. The minimum Gasteiger partial charge on any atom is -0.474 e. The fraction of sp³-hybridized carbons (Fsp3) is 0.188. The quantitative estimate of drug-likeness (QED) is 0.753. The zero-order chi connectivity index (χ0) is 15.2. The molecule has 0 fully saturated rings. The van der Waals surface area contributed by atoms with Gasteiger partial charge in [0.25, 0.3) is 0 Å². The molecule has 1 atom stereocenters. The largest absolute Gasteiger partial charge is 0.474 e. The third-order valence-electron chi connectivity index (χ3n) is 2.75. The van der Waals surface area contributed by atoms with E-state index < -0.39 is 17.9 Å². The summed E-state index contributed by atoms with van der Waals surface area (Å²) >= 11 is 3.07. The Morgan fingerprint density at radius 3 is 2.57 bits per heavy atom. The molecule has 0 bridgehead atoms. The van der Waals surface area contributed by atoms with Crippen molar-refractivity contribution in [3.63, 3.8) is 0 Å². The van der Waals surface area contributed by atoms with Gasteiger partial charge in [-0.05, 0) is 35.0 Å². The van der Waals surface area contributed by atoms with Crippen LogP contribution in [0.5, 0.6) is 5.75 Å². The molecule has 2 rings (SSSR count). The van der Waals surface area contributed by atoms with Gasteiger partial charge in [0.05, 0.1) is 11.1 Å². The van der Waals surface area contributed by atoms with Gasteiger partial charge in [-0.25, -0.2) is 9.18 Å². The maximum atomic E-state index is 13.5. The summed E-state index contributed by atoms with van der Waals surface area (Å²) in [5, 5.41) is 0. The van der Waals surface area contributed by atoms with Gasteiger partial charge in [0.2, 0.25) is 6.10 Å². The second kappa shape index (κ2) is 7.22. The molecule has 0 saturated carbocycles. The first kappa shape index (κ1) is 15.5. The number of halogens is 2. The third kappa shape index (κ3) is 4.04. The van der Waals surface area contributed by atoms with Crippen molar-refractivity contribution in [1.82, 2.24) is 0 Å². The highest BCUT2D eigenvalue weighted by molar-refractivity contribution is 9.10. The molecule has 5 heteroatoms. The summed E-state index contributed by atoms with van der Waals surface area (Å²) in [4.78, 5) is 12.0. The summed E-state index contributed by atoms with van der Waals surface area (Å²) in [6, 6.07) is 13.3. The van der Waals surface area contributed by atoms with Crippen LogP contribution in [0.1, 0.15) is 18.6 Å². The number of hydrogen-bond donors (Lipinski definition) is 0. The van der Waals surface area contributed by atoms with Gasteiger partial charge in [-0.3, -0.25) is 0 Å². The summed E-state index contributed by atoms with van der Waals surface area (Å²) < 4.78 is 24.5. The molecule has 0 radical (unpaired) electrons. The fourth-order valence-corrected chi connectivity index (χ4v) is 2.03. The van der Waals surface area contributed by atoms with Crippen molar-refractivity contribution >= 4 is 21.9 Å². The molecule has 0 heterocycles. The van der Waals surface area contributed by atoms with Gasteiger partial charge >= 0.3 is 5.97 Å². The van der Waals surface area contributed by atoms with Gasteiger partial charge < -0.3 is 9.47 Å². The maximum absolute atomic E-state index is 13.5. The van der Waals surface area contributed by atoms with Crippen LogP contribution >= 0.6 is 15.9 Å². The van der Waals surface area contributed by atoms with E-state index in [0.717, 1.165) is 0 Å². The van der Waals surface area contributed by atoms with E-state index in [0.29, 0.717) is 10.0 Å². The second-order valence-electron chi connectivity index (χ2n) is 4.24. The van der Waals surface area contributed by atoms with Crippen LogP contribution in [0.4, 0.5) is 4.39 Å². The second-order valence-corrected chi connectivity index (χ2v) is 5.09. The molecule has 1 unspecified atom stereocenters. The standard InChI is InChI=1S/C16H14BrFO3/c1-2-20-16(19)15(11-6-4-3-5-7-11)21-12-8-9-13(17)14(18)10-12/h3-10,15H,2H2,1H3. The van der Waals surface area contributed by atoms with E-state index in [4.69, 9.17) is 9.47 Å². The van der Waals surface area contributed by atoms with Gasteiger partial charge in [-0.1, -0.05) is 30.3 Å². The molecule has 110 valence electrons. The molecule has 0 amide bonds. The molecule has 2 aromatic carbocycles. The third-order valence-corrected chi connectivity index (χ3v) is 3.39. The Balaban J connectivity index is 2.27. The molecular formula is C16H14BrFO3. The summed E-state index contributed by atoms with van der Waals surface area (Å²) in [6.45, 7) is 1.97. The zero-order valence-corrected chi connectivity index (χ0v) is 13.0. The monoisotopic (exact) mass is 352 g/mol. The van der Waals surface area contributed by atoms with Crippen LogP contribution in [0.15, 0.2) is 53.0 Å². The number of benzene rings is 2. The molecule has 21 heavy (non-hydrogen) atoms. The van der Waals surface area contributed by atoms with Crippen molar-refractivity contribution in [3.05, 3.63) is 64.4 Å². The highest BCUT2D eigenvalue weighted by Crippen LogP contribution is 2.26. The van der Waals surface area contributed by atoms with Gasteiger partial charge in [-0.2, -0.15) is 0 Å². The van der Waals surface area contributed by atoms with Gasteiger partial charge in [0, 0.05) is 11.6 Å². The minimum absolute atomic E-state index is 0.250. The number of esters is 1. The van der Waals surface area contributed by atoms with Crippen molar-refractivity contribution in [2.75, 3.05) is 6.61 Å². The van der Waals surface area contributed by atoms with E-state index in [2.05, 4.69) is 15.9 Å². The molecule has 3 nitrogen and oxygen atoms in total. The lowest BCUT2D eigenvalue weighted by molar-refractivity contribution is -0.151. The van der Waals surface area contributed by atoms with Crippen LogP contribution in [-0.4, -0.2) is 12.6 Å². The lowest BCUT2D eigenvalue weighted by Crippen LogP contribution is -2.21. The maximum Gasteiger partial charge on any atom is 0.352 e. The molecule has 0 aliphatic heterocycles. The van der Waals surface area contributed by atoms with Gasteiger partial charge in [0.15, 0.2) is 0 Å². The lowest BCUT2D eigenvalue weighted by Gasteiger charge is -2.18. The number of ether oxygens (including phenoxy) is 2. The Labute approximate surface area is 130 Å². The van der Waals surface area contributed by atoms with E-state index >= 15 is 0 Å². The molecule has 0 saturated heterocycles. The first-order valence-electron chi connectivity index (χ1n) is 6.45. The van der Waals surface area contributed by atoms with E-state index in [1.54, 1.807) is 37.3 Å². The summed E-state index contributed by atoms with van der Waals surface area (Å²) in [5.74, 6) is -0.701. The van der Waals surface area contributed by atoms with Crippen molar-refractivity contribution in [2.24, 2.45) is 0 Å². The SMILES string of the molecule is CCOC(=O)C(Oc1ccc(Br)c(F)c1)c1ccccc1. The topological polar surface area (TPSA) is 35.5 Å². The number of carbonyl (C=O) groups excluding carboxylic acids is 1. The van der Waals surface area contributed by atoms with Crippen LogP contribution < -0.4 is 4.74 Å².